The second kappa shape index (κ2) is 10.5. The number of halogens is 2. The molecular weight excluding hydrogens is 443 g/mol. The average Bonchev–Trinajstić information content (AvgIpc) is 3.19. The summed E-state index contributed by atoms with van der Waals surface area (Å²) in [6.07, 6.45) is 2.95. The average molecular weight is 467 g/mol. The largest absolute Gasteiger partial charge is 0.480 e. The first-order valence-corrected chi connectivity index (χ1v) is 10.5. The fraction of sp³-hybridized carbons (Fsp3) is 0.450. The molecule has 10 nitrogen and oxygen atoms in total. The number of aromatic nitrogens is 3. The van der Waals surface area contributed by atoms with Gasteiger partial charge in [-0.15, -0.1) is 5.10 Å². The summed E-state index contributed by atoms with van der Waals surface area (Å²) in [5.74, 6) is -2.50. The predicted octanol–water partition coefficient (Wildman–Crippen LogP) is 1.21. The molecule has 2 aromatic rings. The molecule has 0 saturated carbocycles. The number of carboxylic acid groups (broad SMARTS) is 1. The zero-order valence-electron chi connectivity index (χ0n) is 17.2. The van der Waals surface area contributed by atoms with E-state index in [-0.39, 0.29) is 36.1 Å². The summed E-state index contributed by atoms with van der Waals surface area (Å²) < 4.78 is 15.1. The Balaban J connectivity index is 1.77. The number of carboxylic acids is 1. The highest BCUT2D eigenvalue weighted by molar-refractivity contribution is 6.33. The fourth-order valence-electron chi connectivity index (χ4n) is 3.72. The summed E-state index contributed by atoms with van der Waals surface area (Å²) in [4.78, 5) is 37.1. The minimum absolute atomic E-state index is 0.0518. The minimum Gasteiger partial charge on any atom is -0.480 e. The molecule has 0 radical (unpaired) electrons. The molecule has 1 aromatic heterocycles. The van der Waals surface area contributed by atoms with Crippen molar-refractivity contribution < 1.29 is 23.9 Å². The number of hydrogen-bond acceptors (Lipinski definition) is 6. The topological polar surface area (TPSA) is 143 Å². The molecule has 1 saturated heterocycles. The van der Waals surface area contributed by atoms with E-state index in [1.54, 1.807) is 11.0 Å². The summed E-state index contributed by atoms with van der Waals surface area (Å²) in [5.41, 5.74) is 5.86. The van der Waals surface area contributed by atoms with Crippen LogP contribution in [0.2, 0.25) is 5.02 Å². The lowest BCUT2D eigenvalue weighted by Crippen LogP contribution is -2.50. The monoisotopic (exact) mass is 466 g/mol. The highest BCUT2D eigenvalue weighted by Gasteiger charge is 2.28. The van der Waals surface area contributed by atoms with Gasteiger partial charge in [-0.3, -0.25) is 19.3 Å². The molecule has 0 aliphatic carbocycles. The molecule has 1 aliphatic rings. The van der Waals surface area contributed by atoms with E-state index in [0.717, 1.165) is 6.42 Å². The normalized spacial score (nSPS) is 17.6. The van der Waals surface area contributed by atoms with Gasteiger partial charge >= 0.3 is 5.97 Å². The van der Waals surface area contributed by atoms with Crippen molar-refractivity contribution in [3.8, 4) is 11.3 Å². The number of piperidine rings is 1. The fourth-order valence-corrected chi connectivity index (χ4v) is 3.94. The van der Waals surface area contributed by atoms with Crippen LogP contribution < -0.4 is 11.1 Å². The van der Waals surface area contributed by atoms with Crippen molar-refractivity contribution in [1.29, 1.82) is 0 Å². The smallest absolute Gasteiger partial charge is 0.317 e. The number of aliphatic carboxylic acids is 1. The number of nitrogens with two attached hydrogens (primary N) is 1. The van der Waals surface area contributed by atoms with Crippen LogP contribution in [0.15, 0.2) is 24.4 Å². The standard InChI is InChI=1S/C20H24ClFN6O4/c21-19-13(4-1-5-14(19)22)15-10-28(26-25-15)16(6-7-17(23)29)20(32)24-12-3-2-8-27(9-12)11-18(30)31/h1,4-5,10,12,16H,2-3,6-9,11H2,(H2,23,29)(H,24,32)(H,30,31)/t12?,16-/m0/s1. The first kappa shape index (κ1) is 23.6. The van der Waals surface area contributed by atoms with E-state index in [1.165, 1.54) is 23.0 Å². The number of amides is 2. The Morgan fingerprint density at radius 1 is 1.38 bits per heavy atom. The first-order chi connectivity index (χ1) is 15.2. The Hall–Kier alpha value is -3.05. The van der Waals surface area contributed by atoms with Crippen LogP contribution in [0.1, 0.15) is 31.7 Å². The van der Waals surface area contributed by atoms with Gasteiger partial charge in [-0.2, -0.15) is 0 Å². The van der Waals surface area contributed by atoms with Gasteiger partial charge in [0.25, 0.3) is 0 Å². The Morgan fingerprint density at radius 3 is 2.88 bits per heavy atom. The number of nitrogens with zero attached hydrogens (tertiary/aromatic N) is 4. The number of primary amides is 1. The van der Waals surface area contributed by atoms with Crippen molar-refractivity contribution >= 4 is 29.4 Å². The molecule has 3 rings (SSSR count). The minimum atomic E-state index is -0.928. The van der Waals surface area contributed by atoms with Crippen LogP contribution in [-0.2, 0) is 14.4 Å². The van der Waals surface area contributed by atoms with Crippen LogP contribution in [0, 0.1) is 5.82 Å². The van der Waals surface area contributed by atoms with Crippen molar-refractivity contribution in [2.45, 2.75) is 37.8 Å². The van der Waals surface area contributed by atoms with Crippen LogP contribution in [0.25, 0.3) is 11.3 Å². The van der Waals surface area contributed by atoms with E-state index >= 15 is 0 Å². The maximum absolute atomic E-state index is 13.8. The Kier molecular flexibility index (Phi) is 7.75. The lowest BCUT2D eigenvalue weighted by Gasteiger charge is -2.32. The number of rotatable bonds is 9. The molecule has 2 heterocycles. The SMILES string of the molecule is NC(=O)CC[C@@H](C(=O)NC1CCCN(CC(=O)O)C1)n1cc(-c2cccc(F)c2Cl)nn1. The van der Waals surface area contributed by atoms with E-state index in [2.05, 4.69) is 15.6 Å². The molecule has 2 atom stereocenters. The maximum atomic E-state index is 13.8. The van der Waals surface area contributed by atoms with E-state index in [4.69, 9.17) is 22.4 Å². The number of carbonyl (C=O) groups excluding carboxylic acids is 2. The lowest BCUT2D eigenvalue weighted by atomic mass is 10.0. The van der Waals surface area contributed by atoms with Gasteiger partial charge in [0.2, 0.25) is 11.8 Å². The van der Waals surface area contributed by atoms with Crippen molar-refractivity contribution in [3.05, 3.63) is 35.2 Å². The number of benzene rings is 1. The third kappa shape index (κ3) is 6.01. The molecular formula is C20H24ClFN6O4. The van der Waals surface area contributed by atoms with Gasteiger partial charge in [-0.1, -0.05) is 28.9 Å². The molecule has 4 N–H and O–H groups in total. The summed E-state index contributed by atoms with van der Waals surface area (Å²) >= 11 is 6.02. The third-order valence-corrected chi connectivity index (χ3v) is 5.62. The Morgan fingerprint density at radius 2 is 2.16 bits per heavy atom. The number of nitrogens with one attached hydrogen (secondary N) is 1. The van der Waals surface area contributed by atoms with Crippen molar-refractivity contribution in [3.63, 3.8) is 0 Å². The number of carbonyl (C=O) groups is 3. The highest BCUT2D eigenvalue weighted by atomic mass is 35.5. The number of hydrogen-bond donors (Lipinski definition) is 3. The van der Waals surface area contributed by atoms with Crippen LogP contribution >= 0.6 is 11.6 Å². The van der Waals surface area contributed by atoms with Crippen molar-refractivity contribution in [1.82, 2.24) is 25.2 Å². The zero-order valence-corrected chi connectivity index (χ0v) is 18.0. The number of likely N-dealkylation sites (tertiary alicyclic amines) is 1. The van der Waals surface area contributed by atoms with Gasteiger partial charge in [-0.05, 0) is 31.9 Å². The van der Waals surface area contributed by atoms with Gasteiger partial charge in [0.05, 0.1) is 17.8 Å². The highest BCUT2D eigenvalue weighted by Crippen LogP contribution is 2.29. The van der Waals surface area contributed by atoms with Crippen LogP contribution in [-0.4, -0.2) is 68.5 Å². The summed E-state index contributed by atoms with van der Waals surface area (Å²) in [6, 6.07) is 3.16. The zero-order chi connectivity index (χ0) is 23.3. The molecule has 1 unspecified atom stereocenters. The van der Waals surface area contributed by atoms with E-state index in [1.807, 2.05) is 0 Å². The predicted molar refractivity (Wildman–Crippen MR) is 113 cm³/mol. The van der Waals surface area contributed by atoms with Gasteiger partial charge in [0, 0.05) is 24.6 Å². The van der Waals surface area contributed by atoms with Gasteiger partial charge in [0.15, 0.2) is 0 Å². The third-order valence-electron chi connectivity index (χ3n) is 5.23. The maximum Gasteiger partial charge on any atom is 0.317 e. The first-order valence-electron chi connectivity index (χ1n) is 10.1. The molecule has 1 fully saturated rings. The van der Waals surface area contributed by atoms with Gasteiger partial charge < -0.3 is 16.2 Å². The molecule has 0 bridgehead atoms. The second-order valence-electron chi connectivity index (χ2n) is 7.68. The molecule has 172 valence electrons. The Bertz CT molecular complexity index is 1000. The lowest BCUT2D eigenvalue weighted by molar-refractivity contribution is -0.138. The molecule has 12 heteroatoms. The molecule has 32 heavy (non-hydrogen) atoms. The van der Waals surface area contributed by atoms with E-state index in [0.29, 0.717) is 25.1 Å². The molecule has 1 aromatic carbocycles. The van der Waals surface area contributed by atoms with Crippen molar-refractivity contribution in [2.24, 2.45) is 5.73 Å². The van der Waals surface area contributed by atoms with Crippen LogP contribution in [0.3, 0.4) is 0 Å². The van der Waals surface area contributed by atoms with Crippen LogP contribution in [0.4, 0.5) is 4.39 Å². The second-order valence-corrected chi connectivity index (χ2v) is 8.06. The Labute approximate surface area is 188 Å². The summed E-state index contributed by atoms with van der Waals surface area (Å²) in [5, 5.41) is 19.8. The van der Waals surface area contributed by atoms with E-state index in [9.17, 15) is 18.8 Å². The molecule has 0 spiro atoms. The van der Waals surface area contributed by atoms with Gasteiger partial charge in [-0.25, -0.2) is 9.07 Å². The van der Waals surface area contributed by atoms with Crippen molar-refractivity contribution in [2.75, 3.05) is 19.6 Å². The molecule has 1 aliphatic heterocycles. The van der Waals surface area contributed by atoms with Gasteiger partial charge in [0.1, 0.15) is 17.6 Å². The summed E-state index contributed by atoms with van der Waals surface area (Å²) in [7, 11) is 0. The molecule has 2 amide bonds. The van der Waals surface area contributed by atoms with E-state index < -0.39 is 29.6 Å². The van der Waals surface area contributed by atoms with Crippen LogP contribution in [0.5, 0.6) is 0 Å². The quantitative estimate of drug-likeness (QED) is 0.503. The summed E-state index contributed by atoms with van der Waals surface area (Å²) in [6.45, 7) is 0.949.